The van der Waals surface area contributed by atoms with Gasteiger partial charge in [-0.3, -0.25) is 0 Å². The molecule has 108 valence electrons. The highest BCUT2D eigenvalue weighted by atomic mass is 32.2. The quantitative estimate of drug-likeness (QED) is 0.732. The van der Waals surface area contributed by atoms with Gasteiger partial charge in [-0.1, -0.05) is 20.3 Å². The molecule has 1 fully saturated rings. The van der Waals surface area contributed by atoms with Crippen molar-refractivity contribution in [3.05, 3.63) is 0 Å². The van der Waals surface area contributed by atoms with E-state index < -0.39 is 9.84 Å². The number of sulfone groups is 1. The summed E-state index contributed by atoms with van der Waals surface area (Å²) in [6.45, 7) is 7.44. The maximum Gasteiger partial charge on any atom is 0.151 e. The van der Waals surface area contributed by atoms with Crippen molar-refractivity contribution in [3.8, 4) is 0 Å². The van der Waals surface area contributed by atoms with Crippen molar-refractivity contribution in [3.63, 3.8) is 0 Å². The fourth-order valence-electron chi connectivity index (χ4n) is 2.21. The molecule has 3 atom stereocenters. The highest BCUT2D eigenvalue weighted by Gasteiger charge is 2.22. The summed E-state index contributed by atoms with van der Waals surface area (Å²) >= 11 is 0. The summed E-state index contributed by atoms with van der Waals surface area (Å²) in [6, 6.07) is 0.242. The topological polar surface area (TPSA) is 55.4 Å². The SMILES string of the molecule is CCC(C)CS(=O)(=O)CCNC(C)C1CCCO1. The Hall–Kier alpha value is -0.130. The van der Waals surface area contributed by atoms with Gasteiger partial charge in [0.2, 0.25) is 0 Å². The number of nitrogens with one attached hydrogen (secondary N) is 1. The van der Waals surface area contributed by atoms with Crippen LogP contribution >= 0.6 is 0 Å². The van der Waals surface area contributed by atoms with Gasteiger partial charge < -0.3 is 10.1 Å². The highest BCUT2D eigenvalue weighted by Crippen LogP contribution is 2.15. The third kappa shape index (κ3) is 5.67. The Morgan fingerprint density at radius 3 is 2.67 bits per heavy atom. The van der Waals surface area contributed by atoms with Crippen LogP contribution < -0.4 is 5.32 Å². The van der Waals surface area contributed by atoms with E-state index in [0.717, 1.165) is 25.9 Å². The van der Waals surface area contributed by atoms with E-state index in [2.05, 4.69) is 12.2 Å². The zero-order valence-electron chi connectivity index (χ0n) is 11.8. The minimum absolute atomic E-state index is 0.231. The first-order valence-electron chi connectivity index (χ1n) is 7.00. The van der Waals surface area contributed by atoms with E-state index in [1.807, 2.05) is 13.8 Å². The smallest absolute Gasteiger partial charge is 0.151 e. The number of hydrogen-bond donors (Lipinski definition) is 1. The minimum Gasteiger partial charge on any atom is -0.377 e. The summed E-state index contributed by atoms with van der Waals surface area (Å²) < 4.78 is 29.2. The maximum absolute atomic E-state index is 11.8. The van der Waals surface area contributed by atoms with Crippen molar-refractivity contribution in [2.75, 3.05) is 24.7 Å². The Labute approximate surface area is 111 Å². The molecule has 1 aliphatic heterocycles. The molecule has 5 heteroatoms. The fourth-order valence-corrected chi connectivity index (χ4v) is 3.90. The van der Waals surface area contributed by atoms with Crippen LogP contribution in [0.3, 0.4) is 0 Å². The molecule has 0 aliphatic carbocycles. The lowest BCUT2D eigenvalue weighted by atomic mass is 10.1. The molecule has 1 saturated heterocycles. The van der Waals surface area contributed by atoms with Crippen LogP contribution in [0.4, 0.5) is 0 Å². The van der Waals surface area contributed by atoms with Gasteiger partial charge in [-0.15, -0.1) is 0 Å². The standard InChI is InChI=1S/C13H27NO3S/c1-4-11(2)10-18(15,16)9-7-14-12(3)13-6-5-8-17-13/h11-14H,4-10H2,1-3H3. The van der Waals surface area contributed by atoms with Crippen LogP contribution in [0.1, 0.15) is 40.0 Å². The lowest BCUT2D eigenvalue weighted by molar-refractivity contribution is 0.0844. The Kier molecular flexibility index (Phi) is 6.60. The normalized spacial score (nSPS) is 24.1. The molecule has 0 radical (unpaired) electrons. The lowest BCUT2D eigenvalue weighted by Gasteiger charge is -2.20. The molecule has 0 bridgehead atoms. The van der Waals surface area contributed by atoms with Crippen molar-refractivity contribution in [2.45, 2.75) is 52.2 Å². The summed E-state index contributed by atoms with van der Waals surface area (Å²) in [7, 11) is -2.92. The van der Waals surface area contributed by atoms with Gasteiger partial charge in [0.1, 0.15) is 0 Å². The van der Waals surface area contributed by atoms with Gasteiger partial charge >= 0.3 is 0 Å². The largest absolute Gasteiger partial charge is 0.377 e. The molecule has 0 aromatic carbocycles. The van der Waals surface area contributed by atoms with E-state index in [1.54, 1.807) is 0 Å². The molecule has 1 N–H and O–H groups in total. The fraction of sp³-hybridized carbons (Fsp3) is 1.00. The van der Waals surface area contributed by atoms with Gasteiger partial charge in [0.15, 0.2) is 9.84 Å². The third-order valence-corrected chi connectivity index (χ3v) is 5.54. The van der Waals surface area contributed by atoms with Crippen molar-refractivity contribution >= 4 is 9.84 Å². The van der Waals surface area contributed by atoms with Crippen LogP contribution in [0.5, 0.6) is 0 Å². The number of rotatable bonds is 8. The molecule has 4 nitrogen and oxygen atoms in total. The summed E-state index contributed by atoms with van der Waals surface area (Å²) in [5.41, 5.74) is 0. The predicted octanol–water partition coefficient (Wildman–Crippen LogP) is 1.60. The van der Waals surface area contributed by atoms with Crippen molar-refractivity contribution in [1.29, 1.82) is 0 Å². The molecular formula is C13H27NO3S. The second-order valence-corrected chi connectivity index (χ2v) is 7.65. The van der Waals surface area contributed by atoms with Gasteiger partial charge in [0.25, 0.3) is 0 Å². The summed E-state index contributed by atoms with van der Waals surface area (Å²) in [5.74, 6) is 0.791. The molecule has 1 aliphatic rings. The molecule has 0 amide bonds. The molecular weight excluding hydrogens is 250 g/mol. The Morgan fingerprint density at radius 2 is 2.11 bits per heavy atom. The highest BCUT2D eigenvalue weighted by molar-refractivity contribution is 7.91. The molecule has 0 aromatic heterocycles. The average molecular weight is 277 g/mol. The zero-order valence-corrected chi connectivity index (χ0v) is 12.6. The van der Waals surface area contributed by atoms with E-state index in [0.29, 0.717) is 12.3 Å². The van der Waals surface area contributed by atoms with Crippen molar-refractivity contribution < 1.29 is 13.2 Å². The lowest BCUT2D eigenvalue weighted by Crippen LogP contribution is -2.39. The second kappa shape index (κ2) is 7.46. The molecule has 0 saturated carbocycles. The maximum atomic E-state index is 11.8. The zero-order chi connectivity index (χ0) is 13.6. The summed E-state index contributed by atoms with van der Waals surface area (Å²) in [4.78, 5) is 0. The Balaban J connectivity index is 2.23. The van der Waals surface area contributed by atoms with E-state index >= 15 is 0 Å². The van der Waals surface area contributed by atoms with Gasteiger partial charge in [0, 0.05) is 19.2 Å². The third-order valence-electron chi connectivity index (χ3n) is 3.64. The van der Waals surface area contributed by atoms with Crippen LogP contribution in [0.15, 0.2) is 0 Å². The van der Waals surface area contributed by atoms with Crippen molar-refractivity contribution in [1.82, 2.24) is 5.32 Å². The number of hydrogen-bond acceptors (Lipinski definition) is 4. The summed E-state index contributed by atoms with van der Waals surface area (Å²) in [6.07, 6.45) is 3.36. The second-order valence-electron chi connectivity index (χ2n) is 5.42. The van der Waals surface area contributed by atoms with E-state index in [9.17, 15) is 8.42 Å². The van der Waals surface area contributed by atoms with Gasteiger partial charge in [-0.2, -0.15) is 0 Å². The van der Waals surface area contributed by atoms with Crippen LogP contribution in [0.2, 0.25) is 0 Å². The minimum atomic E-state index is -2.92. The van der Waals surface area contributed by atoms with Crippen molar-refractivity contribution in [2.24, 2.45) is 5.92 Å². The predicted molar refractivity (Wildman–Crippen MR) is 74.5 cm³/mol. The average Bonchev–Trinajstić information content (AvgIpc) is 2.81. The molecule has 1 rings (SSSR count). The molecule has 0 spiro atoms. The van der Waals surface area contributed by atoms with Crippen LogP contribution in [0.25, 0.3) is 0 Å². The summed E-state index contributed by atoms with van der Waals surface area (Å²) in [5, 5.41) is 3.27. The van der Waals surface area contributed by atoms with Gasteiger partial charge in [-0.25, -0.2) is 8.42 Å². The molecule has 0 aromatic rings. The van der Waals surface area contributed by atoms with Crippen LogP contribution in [-0.4, -0.2) is 45.2 Å². The molecule has 18 heavy (non-hydrogen) atoms. The van der Waals surface area contributed by atoms with E-state index in [-0.39, 0.29) is 23.8 Å². The first-order valence-corrected chi connectivity index (χ1v) is 8.82. The molecule has 3 unspecified atom stereocenters. The first-order chi connectivity index (χ1) is 8.44. The number of ether oxygens (including phenoxy) is 1. The molecule has 1 heterocycles. The van der Waals surface area contributed by atoms with E-state index in [1.165, 1.54) is 0 Å². The Morgan fingerprint density at radius 1 is 1.39 bits per heavy atom. The monoisotopic (exact) mass is 277 g/mol. The Bertz CT molecular complexity index is 323. The van der Waals surface area contributed by atoms with Gasteiger partial charge in [0.05, 0.1) is 17.6 Å². The van der Waals surface area contributed by atoms with Crippen LogP contribution in [0, 0.1) is 5.92 Å². The van der Waals surface area contributed by atoms with Crippen LogP contribution in [-0.2, 0) is 14.6 Å². The first kappa shape index (κ1) is 15.9. The van der Waals surface area contributed by atoms with Gasteiger partial charge in [-0.05, 0) is 25.7 Å². The van der Waals surface area contributed by atoms with E-state index in [4.69, 9.17) is 4.74 Å².